The number of carbonyl (C=O) groups is 1. The largest absolute Gasteiger partial charge is 0.372 e. The van der Waals surface area contributed by atoms with E-state index in [2.05, 4.69) is 33.6 Å². The maximum atomic E-state index is 14.2. The molecule has 2 atom stereocenters. The van der Waals surface area contributed by atoms with E-state index in [1.54, 1.807) is 4.68 Å². The van der Waals surface area contributed by atoms with Crippen LogP contribution >= 0.6 is 0 Å². The van der Waals surface area contributed by atoms with Crippen molar-refractivity contribution < 1.29 is 4.79 Å². The second kappa shape index (κ2) is 7.03. The minimum Gasteiger partial charge on any atom is -0.372 e. The molecule has 7 heteroatoms. The number of hydrogen-bond donors (Lipinski definition) is 2. The van der Waals surface area contributed by atoms with Crippen LogP contribution in [-0.2, 0) is 17.4 Å². The monoisotopic (exact) mass is 476 g/mol. The smallest absolute Gasteiger partial charge is 0.173 e. The SMILES string of the molecule is Cn1cc(C23C=CC(=N2)C=c2ccc([nH]2)=CC2=NC(=CC4(C5CC5)NC(=C3)C(C)(C)C4=O)C=C2)cn1. The zero-order chi connectivity index (χ0) is 24.7. The van der Waals surface area contributed by atoms with Gasteiger partial charge in [0.1, 0.15) is 11.1 Å². The van der Waals surface area contributed by atoms with Crippen LogP contribution in [0.15, 0.2) is 82.4 Å². The number of Topliss-reactive ketones (excluding diaryl/α,β-unsaturated/α-hetero) is 1. The highest BCUT2D eigenvalue weighted by molar-refractivity contribution is 6.20. The van der Waals surface area contributed by atoms with Crippen molar-refractivity contribution in [3.8, 4) is 0 Å². The van der Waals surface area contributed by atoms with Gasteiger partial charge in [0.05, 0.1) is 28.7 Å². The summed E-state index contributed by atoms with van der Waals surface area (Å²) in [5.74, 6) is 0.444. The van der Waals surface area contributed by atoms with Crippen LogP contribution in [0.3, 0.4) is 0 Å². The van der Waals surface area contributed by atoms with Gasteiger partial charge in [-0.1, -0.05) is 0 Å². The number of carbonyl (C=O) groups excluding carboxylic acids is 1. The Morgan fingerprint density at radius 3 is 2.53 bits per heavy atom. The Kier molecular flexibility index (Phi) is 4.16. The third kappa shape index (κ3) is 3.11. The molecule has 36 heavy (non-hydrogen) atoms. The quantitative estimate of drug-likeness (QED) is 0.698. The summed E-state index contributed by atoms with van der Waals surface area (Å²) in [4.78, 5) is 27.6. The van der Waals surface area contributed by atoms with Gasteiger partial charge in [-0.3, -0.25) is 14.5 Å². The van der Waals surface area contributed by atoms with Crippen molar-refractivity contribution in [2.45, 2.75) is 37.8 Å². The highest BCUT2D eigenvalue weighted by atomic mass is 16.1. The lowest BCUT2D eigenvalue weighted by Crippen LogP contribution is -2.47. The molecule has 1 saturated heterocycles. The van der Waals surface area contributed by atoms with E-state index in [-0.39, 0.29) is 11.7 Å². The summed E-state index contributed by atoms with van der Waals surface area (Å²) in [5.41, 5.74) is 2.15. The van der Waals surface area contributed by atoms with E-state index in [1.807, 2.05) is 75.8 Å². The summed E-state index contributed by atoms with van der Waals surface area (Å²) < 4.78 is 1.79. The van der Waals surface area contributed by atoms with E-state index in [4.69, 9.17) is 9.98 Å². The summed E-state index contributed by atoms with van der Waals surface area (Å²) >= 11 is 0. The Morgan fingerprint density at radius 2 is 1.81 bits per heavy atom. The zero-order valence-corrected chi connectivity index (χ0v) is 20.6. The first kappa shape index (κ1) is 21.3. The molecule has 7 rings (SSSR count). The summed E-state index contributed by atoms with van der Waals surface area (Å²) in [7, 11) is 1.91. The second-order valence-electron chi connectivity index (χ2n) is 11.0. The van der Waals surface area contributed by atoms with Crippen molar-refractivity contribution >= 4 is 29.4 Å². The van der Waals surface area contributed by atoms with Crippen molar-refractivity contribution in [3.63, 3.8) is 0 Å². The van der Waals surface area contributed by atoms with Crippen LogP contribution in [0.2, 0.25) is 0 Å². The molecule has 0 radical (unpaired) electrons. The van der Waals surface area contributed by atoms with Gasteiger partial charge >= 0.3 is 0 Å². The van der Waals surface area contributed by atoms with Crippen LogP contribution in [0.5, 0.6) is 0 Å². The molecule has 7 nitrogen and oxygen atoms in total. The molecule has 1 saturated carbocycles. The number of nitrogens with one attached hydrogen (secondary N) is 2. The van der Waals surface area contributed by atoms with Crippen LogP contribution in [0.4, 0.5) is 0 Å². The molecule has 0 spiro atoms. The van der Waals surface area contributed by atoms with Crippen molar-refractivity contribution in [1.82, 2.24) is 20.1 Å². The molecule has 2 fully saturated rings. The Labute approximate surface area is 209 Å². The Morgan fingerprint density at radius 1 is 1.03 bits per heavy atom. The second-order valence-corrected chi connectivity index (χ2v) is 11.0. The number of aromatic nitrogens is 3. The molecule has 0 amide bonds. The molecule has 1 aliphatic carbocycles. The summed E-state index contributed by atoms with van der Waals surface area (Å²) in [6.07, 6.45) is 22.3. The lowest BCUT2D eigenvalue weighted by Gasteiger charge is -2.26. The van der Waals surface area contributed by atoms with Gasteiger partial charge in [-0.15, -0.1) is 0 Å². The number of fused-ring (bicyclic) bond motifs is 6. The standard InChI is InChI=1S/C29H28N6O/c1-27(2)25-15-28(19-16-30-35(3)17-19)11-10-23(33-28)13-22-7-6-20(31-22)12-21-8-9-24(32-21)14-29(34-25,26(27)36)18-4-5-18/h6-18,31,34H,4-5H2,1-3H3. The molecular formula is C29H28N6O. The Hall–Kier alpha value is -4.00. The summed E-state index contributed by atoms with van der Waals surface area (Å²) in [5, 5.41) is 10.1. The van der Waals surface area contributed by atoms with Crippen LogP contribution in [-0.4, -0.2) is 37.5 Å². The fourth-order valence-corrected chi connectivity index (χ4v) is 5.80. The molecule has 180 valence electrons. The molecule has 2 aromatic rings. The van der Waals surface area contributed by atoms with Crippen LogP contribution in [0.1, 0.15) is 32.3 Å². The molecule has 5 aliphatic rings. The average Bonchev–Trinajstić information content (AvgIpc) is 3.16. The van der Waals surface area contributed by atoms with Gasteiger partial charge in [0.2, 0.25) is 0 Å². The highest BCUT2D eigenvalue weighted by Crippen LogP contribution is 2.52. The first-order valence-electron chi connectivity index (χ1n) is 12.5. The van der Waals surface area contributed by atoms with Gasteiger partial charge in [0, 0.05) is 35.2 Å². The van der Waals surface area contributed by atoms with Crippen molar-refractivity contribution in [1.29, 1.82) is 0 Å². The molecule has 2 unspecified atom stereocenters. The van der Waals surface area contributed by atoms with Gasteiger partial charge in [0.25, 0.3) is 0 Å². The van der Waals surface area contributed by atoms with E-state index in [1.165, 1.54) is 0 Å². The lowest BCUT2D eigenvalue weighted by atomic mass is 9.77. The molecule has 8 bridgehead atoms. The number of aryl methyl sites for hydroxylation is 1. The van der Waals surface area contributed by atoms with E-state index >= 15 is 0 Å². The topological polar surface area (TPSA) is 87.4 Å². The van der Waals surface area contributed by atoms with Crippen molar-refractivity contribution in [2.24, 2.45) is 28.4 Å². The predicted molar refractivity (Wildman–Crippen MR) is 141 cm³/mol. The van der Waals surface area contributed by atoms with Crippen molar-refractivity contribution in [2.75, 3.05) is 0 Å². The summed E-state index contributed by atoms with van der Waals surface area (Å²) in [6.45, 7) is 4.04. The Bertz CT molecular complexity index is 1630. The molecule has 4 aliphatic heterocycles. The fourth-order valence-electron chi connectivity index (χ4n) is 5.80. The third-order valence-corrected chi connectivity index (χ3v) is 7.93. The number of nitrogens with zero attached hydrogens (tertiary/aromatic N) is 4. The molecule has 6 heterocycles. The van der Waals surface area contributed by atoms with Gasteiger partial charge < -0.3 is 10.3 Å². The van der Waals surface area contributed by atoms with Crippen LogP contribution < -0.4 is 16.0 Å². The van der Waals surface area contributed by atoms with E-state index in [0.717, 1.165) is 51.9 Å². The summed E-state index contributed by atoms with van der Waals surface area (Å²) in [6, 6.07) is 4.09. The van der Waals surface area contributed by atoms with E-state index in [0.29, 0.717) is 0 Å². The number of hydrogen-bond acceptors (Lipinski definition) is 5. The number of aliphatic imine (C=N–C) groups is 2. The van der Waals surface area contributed by atoms with Gasteiger partial charge in [-0.2, -0.15) is 5.10 Å². The average molecular weight is 477 g/mol. The molecule has 2 aromatic heterocycles. The minimum absolute atomic E-state index is 0.189. The number of ketones is 1. The highest BCUT2D eigenvalue weighted by Gasteiger charge is 2.60. The number of rotatable bonds is 2. The van der Waals surface area contributed by atoms with Gasteiger partial charge in [-0.25, -0.2) is 4.99 Å². The first-order valence-corrected chi connectivity index (χ1v) is 12.5. The zero-order valence-electron chi connectivity index (χ0n) is 20.6. The lowest BCUT2D eigenvalue weighted by molar-refractivity contribution is -0.127. The maximum absolute atomic E-state index is 14.2. The van der Waals surface area contributed by atoms with Crippen molar-refractivity contribution in [3.05, 3.63) is 88.6 Å². The maximum Gasteiger partial charge on any atom is 0.173 e. The number of aromatic amines is 1. The van der Waals surface area contributed by atoms with Gasteiger partial charge in [0.15, 0.2) is 5.78 Å². The number of allylic oxidation sites excluding steroid dienone is 4. The van der Waals surface area contributed by atoms with E-state index in [9.17, 15) is 4.79 Å². The molecule has 0 aromatic carbocycles. The predicted octanol–water partition coefficient (Wildman–Crippen LogP) is 2.35. The normalized spacial score (nSPS) is 29.7. The number of H-pyrrole nitrogens is 1. The molecular weight excluding hydrogens is 448 g/mol. The third-order valence-electron chi connectivity index (χ3n) is 7.93. The van der Waals surface area contributed by atoms with E-state index < -0.39 is 16.5 Å². The first-order chi connectivity index (χ1) is 17.3. The molecule has 2 N–H and O–H groups in total. The Balaban J connectivity index is 1.51. The van der Waals surface area contributed by atoms with Crippen LogP contribution in [0, 0.1) is 11.3 Å². The fraction of sp³-hybridized carbons (Fsp3) is 0.310. The van der Waals surface area contributed by atoms with Gasteiger partial charge in [-0.05, 0) is 93.3 Å². The minimum atomic E-state index is -0.776. The van der Waals surface area contributed by atoms with Crippen LogP contribution in [0.25, 0.3) is 12.2 Å².